The van der Waals surface area contributed by atoms with Crippen LogP contribution in [0.4, 0.5) is 0 Å². The summed E-state index contributed by atoms with van der Waals surface area (Å²) in [6, 6.07) is 8.93. The van der Waals surface area contributed by atoms with Crippen molar-refractivity contribution in [2.45, 2.75) is 25.5 Å². The van der Waals surface area contributed by atoms with Crippen molar-refractivity contribution in [1.82, 2.24) is 10.6 Å². The number of benzene rings is 1. The van der Waals surface area contributed by atoms with Crippen LogP contribution in [0.25, 0.3) is 0 Å². The lowest BCUT2D eigenvalue weighted by atomic mass is 9.96. The summed E-state index contributed by atoms with van der Waals surface area (Å²) in [7, 11) is 2.02. The van der Waals surface area contributed by atoms with Gasteiger partial charge in [-0.2, -0.15) is 0 Å². The standard InChI is InChI=1S/C14H22N2O/c1-11-5-3-4-6-13(11)14(15-2)9-12-10-16-7-8-17-12/h3-6,12,14-16H,7-10H2,1-2H3. The second-order valence-electron chi connectivity index (χ2n) is 4.63. The second-order valence-corrected chi connectivity index (χ2v) is 4.63. The first kappa shape index (κ1) is 12.6. The van der Waals surface area contributed by atoms with E-state index in [0.717, 1.165) is 26.1 Å². The summed E-state index contributed by atoms with van der Waals surface area (Å²) in [5, 5.41) is 6.78. The van der Waals surface area contributed by atoms with Gasteiger partial charge in [0, 0.05) is 19.1 Å². The largest absolute Gasteiger partial charge is 0.376 e. The highest BCUT2D eigenvalue weighted by molar-refractivity contribution is 5.28. The molecule has 1 aliphatic rings. The van der Waals surface area contributed by atoms with E-state index in [9.17, 15) is 0 Å². The van der Waals surface area contributed by atoms with E-state index in [2.05, 4.69) is 41.8 Å². The van der Waals surface area contributed by atoms with Gasteiger partial charge in [0.15, 0.2) is 0 Å². The van der Waals surface area contributed by atoms with Gasteiger partial charge in [-0.1, -0.05) is 24.3 Å². The SMILES string of the molecule is CNC(CC1CNCCO1)c1ccccc1C. The fourth-order valence-electron chi connectivity index (χ4n) is 2.41. The van der Waals surface area contributed by atoms with Crippen LogP contribution in [0.5, 0.6) is 0 Å². The van der Waals surface area contributed by atoms with Crippen molar-refractivity contribution in [2.75, 3.05) is 26.7 Å². The van der Waals surface area contributed by atoms with Gasteiger partial charge >= 0.3 is 0 Å². The first-order chi connectivity index (χ1) is 8.31. The summed E-state index contributed by atoms with van der Waals surface area (Å²) in [4.78, 5) is 0. The minimum Gasteiger partial charge on any atom is -0.376 e. The predicted molar refractivity (Wildman–Crippen MR) is 70.2 cm³/mol. The molecule has 1 aromatic rings. The summed E-state index contributed by atoms with van der Waals surface area (Å²) >= 11 is 0. The van der Waals surface area contributed by atoms with Gasteiger partial charge in [-0.3, -0.25) is 0 Å². The monoisotopic (exact) mass is 234 g/mol. The van der Waals surface area contributed by atoms with Gasteiger partial charge < -0.3 is 15.4 Å². The number of nitrogens with one attached hydrogen (secondary N) is 2. The molecule has 1 aromatic carbocycles. The Morgan fingerprint density at radius 2 is 2.29 bits per heavy atom. The lowest BCUT2D eigenvalue weighted by Crippen LogP contribution is -2.40. The first-order valence-corrected chi connectivity index (χ1v) is 6.36. The molecule has 0 spiro atoms. The molecule has 1 saturated heterocycles. The van der Waals surface area contributed by atoms with Crippen molar-refractivity contribution in [3.8, 4) is 0 Å². The van der Waals surface area contributed by atoms with Gasteiger partial charge in [0.1, 0.15) is 0 Å². The van der Waals surface area contributed by atoms with Crippen LogP contribution in [0.2, 0.25) is 0 Å². The fourth-order valence-corrected chi connectivity index (χ4v) is 2.41. The van der Waals surface area contributed by atoms with E-state index in [-0.39, 0.29) is 0 Å². The molecule has 0 amide bonds. The zero-order valence-corrected chi connectivity index (χ0v) is 10.7. The topological polar surface area (TPSA) is 33.3 Å². The van der Waals surface area contributed by atoms with E-state index in [1.54, 1.807) is 0 Å². The van der Waals surface area contributed by atoms with Crippen molar-refractivity contribution >= 4 is 0 Å². The lowest BCUT2D eigenvalue weighted by Gasteiger charge is -2.28. The molecule has 3 nitrogen and oxygen atoms in total. The third-order valence-electron chi connectivity index (χ3n) is 3.42. The second kappa shape index (κ2) is 6.15. The normalized spacial score (nSPS) is 22.4. The Balaban J connectivity index is 2.03. The van der Waals surface area contributed by atoms with Gasteiger partial charge in [0.05, 0.1) is 12.7 Å². The average Bonchev–Trinajstić information content (AvgIpc) is 2.38. The minimum atomic E-state index is 0.320. The van der Waals surface area contributed by atoms with Crippen molar-refractivity contribution in [3.05, 3.63) is 35.4 Å². The molecule has 2 rings (SSSR count). The average molecular weight is 234 g/mol. The van der Waals surface area contributed by atoms with Crippen molar-refractivity contribution in [1.29, 1.82) is 0 Å². The molecule has 0 saturated carbocycles. The highest BCUT2D eigenvalue weighted by atomic mass is 16.5. The van der Waals surface area contributed by atoms with Crippen LogP contribution in [0.1, 0.15) is 23.6 Å². The summed E-state index contributed by atoms with van der Waals surface area (Å²) < 4.78 is 5.77. The Morgan fingerprint density at radius 1 is 1.47 bits per heavy atom. The van der Waals surface area contributed by atoms with E-state index < -0.39 is 0 Å². The van der Waals surface area contributed by atoms with E-state index in [1.807, 2.05) is 7.05 Å². The van der Waals surface area contributed by atoms with E-state index in [1.165, 1.54) is 11.1 Å². The molecule has 0 bridgehead atoms. The van der Waals surface area contributed by atoms with Crippen LogP contribution >= 0.6 is 0 Å². The van der Waals surface area contributed by atoms with Crippen LogP contribution in [0.15, 0.2) is 24.3 Å². The number of morpholine rings is 1. The Bertz CT molecular complexity index is 348. The quantitative estimate of drug-likeness (QED) is 0.831. The highest BCUT2D eigenvalue weighted by Gasteiger charge is 2.20. The van der Waals surface area contributed by atoms with E-state index in [4.69, 9.17) is 4.74 Å². The fraction of sp³-hybridized carbons (Fsp3) is 0.571. The molecule has 1 heterocycles. The molecule has 0 aromatic heterocycles. The Morgan fingerprint density at radius 3 is 2.94 bits per heavy atom. The smallest absolute Gasteiger partial charge is 0.0718 e. The van der Waals surface area contributed by atoms with Gasteiger partial charge in [-0.25, -0.2) is 0 Å². The van der Waals surface area contributed by atoms with Crippen LogP contribution in [0, 0.1) is 6.92 Å². The number of aryl methyl sites for hydroxylation is 1. The third-order valence-corrected chi connectivity index (χ3v) is 3.42. The maximum atomic E-state index is 5.77. The molecule has 0 aliphatic carbocycles. The number of hydrogen-bond donors (Lipinski definition) is 2. The van der Waals surface area contributed by atoms with Crippen LogP contribution in [-0.4, -0.2) is 32.8 Å². The molecule has 2 N–H and O–H groups in total. The molecule has 3 heteroatoms. The van der Waals surface area contributed by atoms with Gasteiger partial charge in [0.2, 0.25) is 0 Å². The van der Waals surface area contributed by atoms with Crippen LogP contribution < -0.4 is 10.6 Å². The molecular weight excluding hydrogens is 212 g/mol. The van der Waals surface area contributed by atoms with E-state index in [0.29, 0.717) is 12.1 Å². The predicted octanol–water partition coefficient (Wildman–Crippen LogP) is 1.63. The summed E-state index contributed by atoms with van der Waals surface area (Å²) in [5.74, 6) is 0. The third kappa shape index (κ3) is 3.28. The zero-order chi connectivity index (χ0) is 12.1. The van der Waals surface area contributed by atoms with Crippen LogP contribution in [-0.2, 0) is 4.74 Å². The molecule has 0 radical (unpaired) electrons. The maximum Gasteiger partial charge on any atom is 0.0718 e. The van der Waals surface area contributed by atoms with E-state index >= 15 is 0 Å². The molecule has 1 fully saturated rings. The molecule has 2 atom stereocenters. The Kier molecular flexibility index (Phi) is 4.54. The summed E-state index contributed by atoms with van der Waals surface area (Å²) in [5.41, 5.74) is 2.72. The summed E-state index contributed by atoms with van der Waals surface area (Å²) in [6.07, 6.45) is 1.34. The highest BCUT2D eigenvalue weighted by Crippen LogP contribution is 2.22. The number of hydrogen-bond acceptors (Lipinski definition) is 3. The van der Waals surface area contributed by atoms with Crippen molar-refractivity contribution in [3.63, 3.8) is 0 Å². The zero-order valence-electron chi connectivity index (χ0n) is 10.7. The molecular formula is C14H22N2O. The Hall–Kier alpha value is -0.900. The van der Waals surface area contributed by atoms with Gasteiger partial charge in [-0.15, -0.1) is 0 Å². The van der Waals surface area contributed by atoms with Crippen LogP contribution in [0.3, 0.4) is 0 Å². The minimum absolute atomic E-state index is 0.320. The molecule has 94 valence electrons. The summed E-state index contributed by atoms with van der Waals surface area (Å²) in [6.45, 7) is 4.93. The lowest BCUT2D eigenvalue weighted by molar-refractivity contribution is 0.0176. The van der Waals surface area contributed by atoms with Gasteiger partial charge in [0.25, 0.3) is 0 Å². The molecule has 1 aliphatic heterocycles. The van der Waals surface area contributed by atoms with Crippen molar-refractivity contribution in [2.24, 2.45) is 0 Å². The number of ether oxygens (including phenoxy) is 1. The maximum absolute atomic E-state index is 5.77. The Labute approximate surface area is 104 Å². The number of rotatable bonds is 4. The van der Waals surface area contributed by atoms with Gasteiger partial charge in [-0.05, 0) is 31.5 Å². The van der Waals surface area contributed by atoms with Crippen molar-refractivity contribution < 1.29 is 4.74 Å². The first-order valence-electron chi connectivity index (χ1n) is 6.36. The molecule has 2 unspecified atom stereocenters. The molecule has 17 heavy (non-hydrogen) atoms.